The number of thiophene rings is 1. The summed E-state index contributed by atoms with van der Waals surface area (Å²) in [5, 5.41) is 13.2. The van der Waals surface area contributed by atoms with Crippen LogP contribution in [0.3, 0.4) is 0 Å². The molecule has 0 aliphatic carbocycles. The van der Waals surface area contributed by atoms with E-state index in [1.807, 2.05) is 24.3 Å². The summed E-state index contributed by atoms with van der Waals surface area (Å²) in [6, 6.07) is 9.41. The van der Waals surface area contributed by atoms with Crippen LogP contribution in [0.4, 0.5) is 0 Å². The largest absolute Gasteiger partial charge is 0.507 e. The molecule has 1 heterocycles. The molecule has 2 rings (SSSR count). The van der Waals surface area contributed by atoms with Crippen molar-refractivity contribution >= 4 is 22.9 Å². The Hall–Kier alpha value is -1.23. The van der Waals surface area contributed by atoms with E-state index in [1.54, 1.807) is 24.5 Å². The average molecular weight is 298 g/mol. The summed E-state index contributed by atoms with van der Waals surface area (Å²) in [5.74, 6) is 0.891. The van der Waals surface area contributed by atoms with Gasteiger partial charge in [0.1, 0.15) is 11.5 Å². The third-order valence-electron chi connectivity index (χ3n) is 2.91. The van der Waals surface area contributed by atoms with E-state index in [1.165, 1.54) is 4.88 Å². The SMILES string of the molecule is COc1ccc(CNC(C)c2ccc(Cl)s2)c(O)c1. The number of phenolic OH excluding ortho intramolecular Hbond substituents is 1. The van der Waals surface area contributed by atoms with Crippen molar-refractivity contribution in [2.75, 3.05) is 7.11 Å². The van der Waals surface area contributed by atoms with Crippen molar-refractivity contribution in [2.24, 2.45) is 0 Å². The van der Waals surface area contributed by atoms with Crippen LogP contribution in [-0.2, 0) is 6.54 Å². The van der Waals surface area contributed by atoms with Gasteiger partial charge in [0.25, 0.3) is 0 Å². The minimum absolute atomic E-state index is 0.194. The summed E-state index contributed by atoms with van der Waals surface area (Å²) >= 11 is 7.48. The molecule has 1 aromatic carbocycles. The average Bonchev–Trinajstić information content (AvgIpc) is 2.83. The second-order valence-electron chi connectivity index (χ2n) is 4.24. The molecule has 3 nitrogen and oxygen atoms in total. The van der Waals surface area contributed by atoms with Gasteiger partial charge in [-0.2, -0.15) is 0 Å². The number of methoxy groups -OCH3 is 1. The van der Waals surface area contributed by atoms with Gasteiger partial charge >= 0.3 is 0 Å². The van der Waals surface area contributed by atoms with E-state index in [-0.39, 0.29) is 11.8 Å². The summed E-state index contributed by atoms with van der Waals surface area (Å²) in [6.07, 6.45) is 0. The molecule has 0 spiro atoms. The summed E-state index contributed by atoms with van der Waals surface area (Å²) in [4.78, 5) is 1.18. The van der Waals surface area contributed by atoms with Crippen molar-refractivity contribution in [1.82, 2.24) is 5.32 Å². The molecule has 0 radical (unpaired) electrons. The smallest absolute Gasteiger partial charge is 0.123 e. The zero-order valence-corrected chi connectivity index (χ0v) is 12.4. The summed E-state index contributed by atoms with van der Waals surface area (Å²) in [7, 11) is 1.58. The van der Waals surface area contributed by atoms with Crippen molar-refractivity contribution in [3.63, 3.8) is 0 Å². The molecule has 0 saturated heterocycles. The fourth-order valence-corrected chi connectivity index (χ4v) is 2.83. The quantitative estimate of drug-likeness (QED) is 0.877. The molecular formula is C14H16ClNO2S. The van der Waals surface area contributed by atoms with Gasteiger partial charge in [-0.05, 0) is 25.1 Å². The van der Waals surface area contributed by atoms with Crippen molar-refractivity contribution < 1.29 is 9.84 Å². The van der Waals surface area contributed by atoms with Crippen LogP contribution in [0.15, 0.2) is 30.3 Å². The van der Waals surface area contributed by atoms with E-state index in [9.17, 15) is 5.11 Å². The highest BCUT2D eigenvalue weighted by atomic mass is 35.5. The lowest BCUT2D eigenvalue weighted by molar-refractivity contribution is 0.405. The Morgan fingerprint density at radius 2 is 2.16 bits per heavy atom. The van der Waals surface area contributed by atoms with E-state index in [0.717, 1.165) is 9.90 Å². The molecule has 102 valence electrons. The van der Waals surface area contributed by atoms with E-state index in [4.69, 9.17) is 16.3 Å². The van der Waals surface area contributed by atoms with Gasteiger partial charge in [-0.3, -0.25) is 0 Å². The Bertz CT molecular complexity index is 556. The Morgan fingerprint density at radius 1 is 1.37 bits per heavy atom. The fraction of sp³-hybridized carbons (Fsp3) is 0.286. The lowest BCUT2D eigenvalue weighted by Crippen LogP contribution is -2.17. The number of rotatable bonds is 5. The first-order chi connectivity index (χ1) is 9.10. The van der Waals surface area contributed by atoms with Crippen LogP contribution < -0.4 is 10.1 Å². The monoisotopic (exact) mass is 297 g/mol. The third-order valence-corrected chi connectivity index (χ3v) is 4.33. The number of nitrogens with one attached hydrogen (secondary N) is 1. The van der Waals surface area contributed by atoms with Crippen LogP contribution in [0.2, 0.25) is 4.34 Å². The molecule has 0 aliphatic rings. The number of halogens is 1. The number of hydrogen-bond acceptors (Lipinski definition) is 4. The first-order valence-corrected chi connectivity index (χ1v) is 7.14. The van der Waals surface area contributed by atoms with Gasteiger partial charge in [0, 0.05) is 29.1 Å². The van der Waals surface area contributed by atoms with Gasteiger partial charge in [-0.1, -0.05) is 17.7 Å². The highest BCUT2D eigenvalue weighted by molar-refractivity contribution is 7.16. The predicted molar refractivity (Wildman–Crippen MR) is 79.2 cm³/mol. The molecule has 19 heavy (non-hydrogen) atoms. The number of phenols is 1. The predicted octanol–water partition coefficient (Wildman–Crippen LogP) is 3.97. The van der Waals surface area contributed by atoms with E-state index in [0.29, 0.717) is 12.3 Å². The van der Waals surface area contributed by atoms with Gasteiger partial charge in [0.15, 0.2) is 0 Å². The standard InChI is InChI=1S/C14H16ClNO2S/c1-9(13-5-6-14(15)19-13)16-8-10-3-4-11(18-2)7-12(10)17/h3-7,9,16-17H,8H2,1-2H3. The third kappa shape index (κ3) is 3.62. The maximum atomic E-state index is 9.87. The van der Waals surface area contributed by atoms with Crippen molar-refractivity contribution in [3.8, 4) is 11.5 Å². The number of benzene rings is 1. The highest BCUT2D eigenvalue weighted by Crippen LogP contribution is 2.28. The minimum atomic E-state index is 0.194. The Morgan fingerprint density at radius 3 is 2.74 bits per heavy atom. The summed E-state index contributed by atoms with van der Waals surface area (Å²) in [5.41, 5.74) is 0.843. The van der Waals surface area contributed by atoms with Gasteiger partial charge < -0.3 is 15.2 Å². The normalized spacial score (nSPS) is 12.4. The van der Waals surface area contributed by atoms with Crippen LogP contribution >= 0.6 is 22.9 Å². The van der Waals surface area contributed by atoms with Crippen LogP contribution in [0.5, 0.6) is 11.5 Å². The topological polar surface area (TPSA) is 41.5 Å². The summed E-state index contributed by atoms with van der Waals surface area (Å²) < 4.78 is 5.84. The fourth-order valence-electron chi connectivity index (χ4n) is 1.74. The second-order valence-corrected chi connectivity index (χ2v) is 5.99. The van der Waals surface area contributed by atoms with Crippen molar-refractivity contribution in [1.29, 1.82) is 0 Å². The molecule has 1 aromatic heterocycles. The number of hydrogen-bond donors (Lipinski definition) is 2. The molecule has 1 unspecified atom stereocenters. The molecule has 0 aliphatic heterocycles. The Labute approximate surface area is 121 Å². The molecule has 5 heteroatoms. The van der Waals surface area contributed by atoms with Crippen LogP contribution in [0, 0.1) is 0 Å². The van der Waals surface area contributed by atoms with Gasteiger partial charge in [0.05, 0.1) is 11.4 Å². The molecule has 1 atom stereocenters. The first kappa shape index (κ1) is 14.2. The molecule has 2 aromatic rings. The van der Waals surface area contributed by atoms with Crippen LogP contribution in [0.25, 0.3) is 0 Å². The number of ether oxygens (including phenoxy) is 1. The number of aromatic hydroxyl groups is 1. The van der Waals surface area contributed by atoms with E-state index < -0.39 is 0 Å². The molecule has 0 amide bonds. The highest BCUT2D eigenvalue weighted by Gasteiger charge is 2.09. The Balaban J connectivity index is 1.98. The molecule has 0 saturated carbocycles. The van der Waals surface area contributed by atoms with E-state index >= 15 is 0 Å². The zero-order chi connectivity index (χ0) is 13.8. The van der Waals surface area contributed by atoms with Crippen molar-refractivity contribution in [3.05, 3.63) is 45.1 Å². The van der Waals surface area contributed by atoms with Crippen molar-refractivity contribution in [2.45, 2.75) is 19.5 Å². The van der Waals surface area contributed by atoms with Gasteiger partial charge in [-0.25, -0.2) is 0 Å². The van der Waals surface area contributed by atoms with Gasteiger partial charge in [-0.15, -0.1) is 11.3 Å². The molecule has 0 fully saturated rings. The zero-order valence-electron chi connectivity index (χ0n) is 10.8. The molecule has 0 bridgehead atoms. The van der Waals surface area contributed by atoms with Crippen LogP contribution in [-0.4, -0.2) is 12.2 Å². The maximum Gasteiger partial charge on any atom is 0.123 e. The lowest BCUT2D eigenvalue weighted by Gasteiger charge is -2.13. The minimum Gasteiger partial charge on any atom is -0.507 e. The van der Waals surface area contributed by atoms with E-state index in [2.05, 4.69) is 12.2 Å². The maximum absolute atomic E-state index is 9.87. The summed E-state index contributed by atoms with van der Waals surface area (Å²) in [6.45, 7) is 2.66. The van der Waals surface area contributed by atoms with Crippen LogP contribution in [0.1, 0.15) is 23.4 Å². The van der Waals surface area contributed by atoms with Gasteiger partial charge in [0.2, 0.25) is 0 Å². The Kier molecular flexibility index (Phi) is 4.69. The molecule has 2 N–H and O–H groups in total. The second kappa shape index (κ2) is 6.28. The first-order valence-electron chi connectivity index (χ1n) is 5.94. The molecular weight excluding hydrogens is 282 g/mol. The lowest BCUT2D eigenvalue weighted by atomic mass is 10.1.